The summed E-state index contributed by atoms with van der Waals surface area (Å²) < 4.78 is 40.3. The number of carbonyl (C=O) groups excluding carboxylic acids is 1. The molecule has 0 bridgehead atoms. The number of halogens is 3. The summed E-state index contributed by atoms with van der Waals surface area (Å²) in [6, 6.07) is 5.83. The summed E-state index contributed by atoms with van der Waals surface area (Å²) in [7, 11) is 0. The Labute approximate surface area is 109 Å². The number of nitrogens with zero attached hydrogens (tertiary/aromatic N) is 1. The van der Waals surface area contributed by atoms with Crippen LogP contribution >= 0.6 is 0 Å². The van der Waals surface area contributed by atoms with Gasteiger partial charge in [0.2, 0.25) is 0 Å². The number of Topliss-reactive ketones (excluding diaryl/α,β-unsaturated/α-hetero) is 1. The van der Waals surface area contributed by atoms with Crippen molar-refractivity contribution in [1.29, 1.82) is 0 Å². The van der Waals surface area contributed by atoms with E-state index in [1.165, 1.54) is 18.2 Å². The summed E-state index contributed by atoms with van der Waals surface area (Å²) in [5.41, 5.74) is 0.640. The lowest BCUT2D eigenvalue weighted by Crippen LogP contribution is -2.39. The fraction of sp³-hybridized carbons (Fsp3) is 0.462. The van der Waals surface area contributed by atoms with Gasteiger partial charge in [0.1, 0.15) is 11.5 Å². The number of carbonyl (C=O) groups is 1. The Hall–Kier alpha value is -1.72. The molecule has 1 heterocycles. The molecular formula is C13H14F3NO2. The number of ketones is 1. The molecule has 0 spiro atoms. The first-order valence-electron chi connectivity index (χ1n) is 5.98. The molecule has 6 heteroatoms. The summed E-state index contributed by atoms with van der Waals surface area (Å²) in [5, 5.41) is 0. The molecule has 3 nitrogen and oxygen atoms in total. The third-order valence-corrected chi connectivity index (χ3v) is 3.09. The Kier molecular flexibility index (Phi) is 3.68. The van der Waals surface area contributed by atoms with E-state index in [-0.39, 0.29) is 17.5 Å². The first kappa shape index (κ1) is 13.7. The second-order valence-electron chi connectivity index (χ2n) is 4.61. The number of rotatable bonds is 2. The predicted molar refractivity (Wildman–Crippen MR) is 64.1 cm³/mol. The topological polar surface area (TPSA) is 29.5 Å². The third-order valence-electron chi connectivity index (χ3n) is 3.09. The van der Waals surface area contributed by atoms with Crippen LogP contribution in [0.2, 0.25) is 0 Å². The summed E-state index contributed by atoms with van der Waals surface area (Å²) >= 11 is 0. The molecule has 1 atom stereocenters. The molecule has 1 fully saturated rings. The van der Waals surface area contributed by atoms with Crippen molar-refractivity contribution < 1.29 is 22.7 Å². The minimum Gasteiger partial charge on any atom is -0.406 e. The minimum atomic E-state index is -4.69. The highest BCUT2D eigenvalue weighted by Gasteiger charge is 2.31. The summed E-state index contributed by atoms with van der Waals surface area (Å²) in [6.07, 6.45) is -4.27. The van der Waals surface area contributed by atoms with Gasteiger partial charge in [-0.15, -0.1) is 13.2 Å². The van der Waals surface area contributed by atoms with Gasteiger partial charge in [0.15, 0.2) is 0 Å². The number of hydrogen-bond donors (Lipinski definition) is 0. The van der Waals surface area contributed by atoms with E-state index in [1.54, 1.807) is 6.07 Å². The van der Waals surface area contributed by atoms with E-state index >= 15 is 0 Å². The van der Waals surface area contributed by atoms with Crippen LogP contribution in [0.5, 0.6) is 5.75 Å². The molecule has 1 aromatic rings. The molecule has 1 unspecified atom stereocenters. The molecule has 0 saturated carbocycles. The number of hydrogen-bond acceptors (Lipinski definition) is 3. The van der Waals surface area contributed by atoms with Gasteiger partial charge in [-0.25, -0.2) is 0 Å². The highest BCUT2D eigenvalue weighted by atomic mass is 19.4. The van der Waals surface area contributed by atoms with E-state index in [4.69, 9.17) is 0 Å². The number of alkyl halides is 3. The van der Waals surface area contributed by atoms with Crippen molar-refractivity contribution in [3.8, 4) is 5.75 Å². The lowest BCUT2D eigenvalue weighted by molar-refractivity contribution is -0.274. The fourth-order valence-electron chi connectivity index (χ4n) is 2.13. The molecule has 1 aliphatic rings. The third kappa shape index (κ3) is 3.62. The van der Waals surface area contributed by atoms with Crippen molar-refractivity contribution in [3.05, 3.63) is 24.3 Å². The van der Waals surface area contributed by atoms with Crippen LogP contribution in [-0.4, -0.2) is 25.2 Å². The molecule has 1 aromatic carbocycles. The number of piperidine rings is 1. The summed E-state index contributed by atoms with van der Waals surface area (Å²) in [5.74, 6) is -0.144. The van der Waals surface area contributed by atoms with Gasteiger partial charge in [0.25, 0.3) is 0 Å². The molecular weight excluding hydrogens is 259 g/mol. The molecule has 104 valence electrons. The Balaban J connectivity index is 2.13. The molecule has 0 aromatic heterocycles. The van der Waals surface area contributed by atoms with Gasteiger partial charge < -0.3 is 9.64 Å². The van der Waals surface area contributed by atoms with Gasteiger partial charge >= 0.3 is 6.36 Å². The molecule has 0 amide bonds. The lowest BCUT2D eigenvalue weighted by Gasteiger charge is -2.32. The maximum Gasteiger partial charge on any atom is 0.573 e. The molecule has 19 heavy (non-hydrogen) atoms. The maximum atomic E-state index is 12.1. The zero-order valence-corrected chi connectivity index (χ0v) is 10.4. The molecule has 0 aliphatic carbocycles. The fourth-order valence-corrected chi connectivity index (χ4v) is 2.13. The SMILES string of the molecule is CC1CN(c2cccc(OC(F)(F)F)c2)CCC1=O. The van der Waals surface area contributed by atoms with Crippen LogP contribution in [0.3, 0.4) is 0 Å². The largest absolute Gasteiger partial charge is 0.573 e. The number of ether oxygens (including phenoxy) is 1. The Morgan fingerprint density at radius 1 is 1.37 bits per heavy atom. The van der Waals surface area contributed by atoms with Gasteiger partial charge in [0.05, 0.1) is 0 Å². The van der Waals surface area contributed by atoms with Gasteiger partial charge in [-0.05, 0) is 12.1 Å². The zero-order valence-electron chi connectivity index (χ0n) is 10.4. The molecule has 1 saturated heterocycles. The van der Waals surface area contributed by atoms with Crippen molar-refractivity contribution in [2.24, 2.45) is 5.92 Å². The molecule has 1 aliphatic heterocycles. The van der Waals surface area contributed by atoms with E-state index in [2.05, 4.69) is 4.74 Å². The van der Waals surface area contributed by atoms with E-state index in [9.17, 15) is 18.0 Å². The maximum absolute atomic E-state index is 12.1. The normalized spacial score (nSPS) is 20.5. The molecule has 0 radical (unpaired) electrons. The van der Waals surface area contributed by atoms with Crippen molar-refractivity contribution in [3.63, 3.8) is 0 Å². The lowest BCUT2D eigenvalue weighted by atomic mass is 9.98. The number of anilines is 1. The Bertz CT molecular complexity index is 473. The molecule has 0 N–H and O–H groups in total. The average Bonchev–Trinajstić information content (AvgIpc) is 2.31. The quantitative estimate of drug-likeness (QED) is 0.829. The van der Waals surface area contributed by atoms with E-state index in [0.717, 1.165) is 0 Å². The van der Waals surface area contributed by atoms with Gasteiger partial charge in [-0.3, -0.25) is 4.79 Å². The van der Waals surface area contributed by atoms with Crippen molar-refractivity contribution in [2.75, 3.05) is 18.0 Å². The van der Waals surface area contributed by atoms with Crippen LogP contribution in [0.25, 0.3) is 0 Å². The summed E-state index contributed by atoms with van der Waals surface area (Å²) in [4.78, 5) is 13.3. The van der Waals surface area contributed by atoms with E-state index in [0.29, 0.717) is 25.2 Å². The minimum absolute atomic E-state index is 0.0964. The van der Waals surface area contributed by atoms with Crippen LogP contribution in [0.15, 0.2) is 24.3 Å². The van der Waals surface area contributed by atoms with Crippen LogP contribution in [0.1, 0.15) is 13.3 Å². The highest BCUT2D eigenvalue weighted by molar-refractivity contribution is 5.83. The van der Waals surface area contributed by atoms with Crippen molar-refractivity contribution in [1.82, 2.24) is 0 Å². The first-order chi connectivity index (χ1) is 8.85. The van der Waals surface area contributed by atoms with Gasteiger partial charge in [-0.1, -0.05) is 13.0 Å². The summed E-state index contributed by atoms with van der Waals surface area (Å²) in [6.45, 7) is 2.87. The van der Waals surface area contributed by atoms with Crippen LogP contribution < -0.4 is 9.64 Å². The van der Waals surface area contributed by atoms with Gasteiger partial charge in [-0.2, -0.15) is 0 Å². The second-order valence-corrected chi connectivity index (χ2v) is 4.61. The standard InChI is InChI=1S/C13H14F3NO2/c1-9-8-17(6-5-12(9)18)10-3-2-4-11(7-10)19-13(14,15)16/h2-4,7,9H,5-6,8H2,1H3. The van der Waals surface area contributed by atoms with E-state index in [1.807, 2.05) is 11.8 Å². The second kappa shape index (κ2) is 5.11. The zero-order chi connectivity index (χ0) is 14.0. The smallest absolute Gasteiger partial charge is 0.406 e. The predicted octanol–water partition coefficient (Wildman–Crippen LogP) is 3.00. The number of benzene rings is 1. The highest BCUT2D eigenvalue weighted by Crippen LogP contribution is 2.28. The average molecular weight is 273 g/mol. The van der Waals surface area contributed by atoms with Crippen LogP contribution in [-0.2, 0) is 4.79 Å². The van der Waals surface area contributed by atoms with E-state index < -0.39 is 6.36 Å². The molecule has 2 rings (SSSR count). The van der Waals surface area contributed by atoms with Crippen LogP contribution in [0.4, 0.5) is 18.9 Å². The Morgan fingerprint density at radius 3 is 2.74 bits per heavy atom. The monoisotopic (exact) mass is 273 g/mol. The first-order valence-corrected chi connectivity index (χ1v) is 5.98. The van der Waals surface area contributed by atoms with Crippen LogP contribution in [0, 0.1) is 5.92 Å². The van der Waals surface area contributed by atoms with Crippen molar-refractivity contribution in [2.45, 2.75) is 19.7 Å². The van der Waals surface area contributed by atoms with Crippen molar-refractivity contribution >= 4 is 11.5 Å². The van der Waals surface area contributed by atoms with Gasteiger partial charge in [0, 0.05) is 37.2 Å². The Morgan fingerprint density at radius 2 is 2.11 bits per heavy atom.